The Hall–Kier alpha value is -4.19. The SMILES string of the molecule is Cc1ccccc1-c1cc(C(=O)N(Cc2ccc(C#N)cc2)CC(F)(F)F)c2cnn(C(C)C)c2n1. The standard InChI is InChI=1S/C27H24F3N5O/c1-17(2)35-25-23(14-32-35)22(12-24(33-25)21-7-5-4-6-18(21)3)26(36)34(16-27(28,29)30)15-20-10-8-19(13-31)9-11-20/h4-12,14,17H,15-16H2,1-3H3. The van der Waals surface area contributed by atoms with Crippen LogP contribution in [0, 0.1) is 18.3 Å². The molecule has 6 nitrogen and oxygen atoms in total. The molecule has 0 aliphatic carbocycles. The van der Waals surface area contributed by atoms with E-state index < -0.39 is 18.6 Å². The molecule has 36 heavy (non-hydrogen) atoms. The zero-order valence-electron chi connectivity index (χ0n) is 20.0. The summed E-state index contributed by atoms with van der Waals surface area (Å²) in [6.07, 6.45) is -3.12. The third kappa shape index (κ3) is 5.23. The Bertz CT molecular complexity index is 1450. The molecule has 0 bridgehead atoms. The number of carbonyl (C=O) groups is 1. The first-order valence-electron chi connectivity index (χ1n) is 11.4. The minimum Gasteiger partial charge on any atom is -0.325 e. The highest BCUT2D eigenvalue weighted by molar-refractivity contribution is 6.06. The molecule has 2 aromatic carbocycles. The van der Waals surface area contributed by atoms with Gasteiger partial charge in [-0.2, -0.15) is 23.5 Å². The first kappa shape index (κ1) is 24.9. The van der Waals surface area contributed by atoms with Crippen LogP contribution in [-0.2, 0) is 6.54 Å². The average Bonchev–Trinajstić information content (AvgIpc) is 3.27. The van der Waals surface area contributed by atoms with Crippen molar-refractivity contribution in [2.75, 3.05) is 6.54 Å². The number of pyridine rings is 1. The van der Waals surface area contributed by atoms with Gasteiger partial charge in [0.1, 0.15) is 6.54 Å². The van der Waals surface area contributed by atoms with Gasteiger partial charge in [-0.3, -0.25) is 4.79 Å². The van der Waals surface area contributed by atoms with Crippen molar-refractivity contribution >= 4 is 16.9 Å². The molecule has 0 radical (unpaired) electrons. The molecule has 0 fully saturated rings. The van der Waals surface area contributed by atoms with Gasteiger partial charge in [0.15, 0.2) is 5.65 Å². The summed E-state index contributed by atoms with van der Waals surface area (Å²) in [4.78, 5) is 19.2. The van der Waals surface area contributed by atoms with Crippen LogP contribution >= 0.6 is 0 Å². The maximum atomic E-state index is 13.7. The molecular formula is C27H24F3N5O. The van der Waals surface area contributed by atoms with E-state index >= 15 is 0 Å². The van der Waals surface area contributed by atoms with Crippen molar-refractivity contribution in [3.8, 4) is 17.3 Å². The molecule has 0 unspecified atom stereocenters. The quantitative estimate of drug-likeness (QED) is 0.328. The minimum absolute atomic E-state index is 0.0741. The van der Waals surface area contributed by atoms with E-state index in [1.54, 1.807) is 22.9 Å². The predicted molar refractivity (Wildman–Crippen MR) is 130 cm³/mol. The lowest BCUT2D eigenvalue weighted by Crippen LogP contribution is -2.38. The van der Waals surface area contributed by atoms with Crippen LogP contribution < -0.4 is 0 Å². The Morgan fingerprint density at radius 3 is 2.44 bits per heavy atom. The van der Waals surface area contributed by atoms with Crippen LogP contribution in [0.25, 0.3) is 22.3 Å². The number of nitrogens with zero attached hydrogens (tertiary/aromatic N) is 5. The second kappa shape index (κ2) is 9.82. The van der Waals surface area contributed by atoms with Gasteiger partial charge < -0.3 is 4.90 Å². The summed E-state index contributed by atoms with van der Waals surface area (Å²) in [7, 11) is 0. The lowest BCUT2D eigenvalue weighted by Gasteiger charge is -2.25. The van der Waals surface area contributed by atoms with Crippen molar-refractivity contribution in [2.24, 2.45) is 0 Å². The van der Waals surface area contributed by atoms with E-state index in [1.165, 1.54) is 18.3 Å². The molecule has 0 saturated heterocycles. The van der Waals surface area contributed by atoms with Crippen molar-refractivity contribution in [1.29, 1.82) is 5.26 Å². The van der Waals surface area contributed by atoms with Crippen LogP contribution in [0.5, 0.6) is 0 Å². The average molecular weight is 492 g/mol. The van der Waals surface area contributed by atoms with Crippen molar-refractivity contribution in [2.45, 2.75) is 39.5 Å². The molecule has 4 rings (SSSR count). The first-order valence-corrected chi connectivity index (χ1v) is 11.4. The topological polar surface area (TPSA) is 74.8 Å². The number of benzene rings is 2. The second-order valence-corrected chi connectivity index (χ2v) is 8.88. The molecule has 0 aliphatic heterocycles. The zero-order valence-corrected chi connectivity index (χ0v) is 20.0. The van der Waals surface area contributed by atoms with Crippen molar-refractivity contribution in [1.82, 2.24) is 19.7 Å². The summed E-state index contributed by atoms with van der Waals surface area (Å²) in [5.41, 5.74) is 3.57. The van der Waals surface area contributed by atoms with E-state index in [0.29, 0.717) is 27.9 Å². The normalized spacial score (nSPS) is 11.6. The fraction of sp³-hybridized carbons (Fsp3) is 0.259. The largest absolute Gasteiger partial charge is 0.406 e. The fourth-order valence-electron chi connectivity index (χ4n) is 4.06. The number of carbonyl (C=O) groups excluding carboxylic acids is 1. The Morgan fingerprint density at radius 1 is 1.14 bits per heavy atom. The minimum atomic E-state index is -4.60. The van der Waals surface area contributed by atoms with Gasteiger partial charge in [0.25, 0.3) is 5.91 Å². The summed E-state index contributed by atoms with van der Waals surface area (Å²) in [6, 6.07) is 17.1. The highest BCUT2D eigenvalue weighted by Gasteiger charge is 2.34. The Labute approximate surface area is 206 Å². The van der Waals surface area contributed by atoms with Gasteiger partial charge in [-0.05, 0) is 50.1 Å². The molecule has 0 atom stereocenters. The Balaban J connectivity index is 1.85. The number of fused-ring (bicyclic) bond motifs is 1. The number of alkyl halides is 3. The number of hydrogen-bond acceptors (Lipinski definition) is 4. The highest BCUT2D eigenvalue weighted by atomic mass is 19.4. The summed E-state index contributed by atoms with van der Waals surface area (Å²) >= 11 is 0. The van der Waals surface area contributed by atoms with E-state index in [0.717, 1.165) is 16.0 Å². The van der Waals surface area contributed by atoms with Gasteiger partial charge in [0.2, 0.25) is 0 Å². The van der Waals surface area contributed by atoms with Crippen LogP contribution in [0.4, 0.5) is 13.2 Å². The maximum absolute atomic E-state index is 13.7. The van der Waals surface area contributed by atoms with E-state index in [2.05, 4.69) is 5.10 Å². The number of nitriles is 1. The molecule has 4 aromatic rings. The van der Waals surface area contributed by atoms with Crippen LogP contribution in [-0.4, -0.2) is 38.3 Å². The predicted octanol–water partition coefficient (Wildman–Crippen LogP) is 6.06. The lowest BCUT2D eigenvalue weighted by molar-refractivity contribution is -0.141. The van der Waals surface area contributed by atoms with Crippen molar-refractivity contribution in [3.63, 3.8) is 0 Å². The number of halogens is 3. The maximum Gasteiger partial charge on any atom is 0.406 e. The summed E-state index contributed by atoms with van der Waals surface area (Å²) in [6.45, 7) is 4.04. The number of amides is 1. The molecule has 0 N–H and O–H groups in total. The van der Waals surface area contributed by atoms with Crippen LogP contribution in [0.3, 0.4) is 0 Å². The van der Waals surface area contributed by atoms with E-state index in [-0.39, 0.29) is 18.2 Å². The Kier molecular flexibility index (Phi) is 6.80. The number of rotatable bonds is 6. The number of aromatic nitrogens is 3. The first-order chi connectivity index (χ1) is 17.1. The lowest BCUT2D eigenvalue weighted by atomic mass is 10.0. The number of hydrogen-bond donors (Lipinski definition) is 0. The van der Waals surface area contributed by atoms with E-state index in [1.807, 2.05) is 51.1 Å². The summed E-state index contributed by atoms with van der Waals surface area (Å²) in [5.74, 6) is -0.776. The van der Waals surface area contributed by atoms with Gasteiger partial charge in [0.05, 0.1) is 34.5 Å². The third-order valence-corrected chi connectivity index (χ3v) is 5.82. The summed E-state index contributed by atoms with van der Waals surface area (Å²) < 4.78 is 42.3. The van der Waals surface area contributed by atoms with Gasteiger partial charge in [-0.15, -0.1) is 0 Å². The molecule has 1 amide bonds. The van der Waals surface area contributed by atoms with Crippen LogP contribution in [0.15, 0.2) is 60.8 Å². The summed E-state index contributed by atoms with van der Waals surface area (Å²) in [5, 5.41) is 13.8. The van der Waals surface area contributed by atoms with Gasteiger partial charge in [-0.25, -0.2) is 9.67 Å². The van der Waals surface area contributed by atoms with Gasteiger partial charge in [0, 0.05) is 18.2 Å². The van der Waals surface area contributed by atoms with E-state index in [9.17, 15) is 18.0 Å². The van der Waals surface area contributed by atoms with Crippen molar-refractivity contribution < 1.29 is 18.0 Å². The zero-order chi connectivity index (χ0) is 26.0. The monoisotopic (exact) mass is 491 g/mol. The molecule has 184 valence electrons. The third-order valence-electron chi connectivity index (χ3n) is 5.82. The van der Waals surface area contributed by atoms with Crippen molar-refractivity contribution in [3.05, 3.63) is 83.0 Å². The second-order valence-electron chi connectivity index (χ2n) is 8.88. The molecule has 0 spiro atoms. The molecule has 0 aliphatic rings. The smallest absolute Gasteiger partial charge is 0.325 e. The van der Waals surface area contributed by atoms with Gasteiger partial charge in [-0.1, -0.05) is 36.4 Å². The fourth-order valence-corrected chi connectivity index (χ4v) is 4.06. The molecule has 2 aromatic heterocycles. The van der Waals surface area contributed by atoms with Crippen LogP contribution in [0.1, 0.15) is 46.9 Å². The van der Waals surface area contributed by atoms with E-state index in [4.69, 9.17) is 10.2 Å². The molecular weight excluding hydrogens is 467 g/mol. The molecule has 2 heterocycles. The Morgan fingerprint density at radius 2 is 1.83 bits per heavy atom. The van der Waals surface area contributed by atoms with Crippen LogP contribution in [0.2, 0.25) is 0 Å². The molecule has 0 saturated carbocycles. The highest BCUT2D eigenvalue weighted by Crippen LogP contribution is 2.30. The molecule has 9 heteroatoms. The number of aryl methyl sites for hydroxylation is 1. The van der Waals surface area contributed by atoms with Gasteiger partial charge >= 0.3 is 6.18 Å².